The summed E-state index contributed by atoms with van der Waals surface area (Å²) in [6.07, 6.45) is 10.8. The molecule has 7 nitrogen and oxygen atoms in total. The highest BCUT2D eigenvalue weighted by Crippen LogP contribution is 2.32. The molecule has 7 heteroatoms. The van der Waals surface area contributed by atoms with Gasteiger partial charge in [0.1, 0.15) is 6.10 Å². The van der Waals surface area contributed by atoms with Gasteiger partial charge < -0.3 is 29.2 Å². The van der Waals surface area contributed by atoms with Crippen molar-refractivity contribution < 1.29 is 23.7 Å². The summed E-state index contributed by atoms with van der Waals surface area (Å²) in [7, 11) is 1.62. The normalized spacial score (nSPS) is 18.0. The van der Waals surface area contributed by atoms with Crippen molar-refractivity contribution in [3.8, 4) is 11.5 Å². The number of hydrogen-bond acceptors (Lipinski definition) is 6. The fourth-order valence-electron chi connectivity index (χ4n) is 5.44. The van der Waals surface area contributed by atoms with Gasteiger partial charge in [-0.15, -0.1) is 0 Å². The lowest BCUT2D eigenvalue weighted by Gasteiger charge is -2.34. The SMILES string of the molecule is COc1cc(C=CC=CC(=O)NCCN2CCC(OC(c3ccccc3)c3ccccc3)CC2)ccc1OC1CCCO1. The number of carbonyl (C=O) groups excluding carboxylic acids is 1. The molecule has 43 heavy (non-hydrogen) atoms. The second-order valence-corrected chi connectivity index (χ2v) is 10.9. The lowest BCUT2D eigenvalue weighted by atomic mass is 10.00. The number of piperidine rings is 1. The molecule has 2 aliphatic rings. The van der Waals surface area contributed by atoms with Crippen LogP contribution in [0.25, 0.3) is 6.08 Å². The largest absolute Gasteiger partial charge is 0.493 e. The Kier molecular flexibility index (Phi) is 11.4. The quantitative estimate of drug-likeness (QED) is 0.192. The Balaban J connectivity index is 1.01. The minimum absolute atomic E-state index is 0.0637. The molecule has 3 aromatic rings. The lowest BCUT2D eigenvalue weighted by Crippen LogP contribution is -2.41. The van der Waals surface area contributed by atoms with E-state index in [1.165, 1.54) is 11.1 Å². The van der Waals surface area contributed by atoms with Gasteiger partial charge in [-0.2, -0.15) is 0 Å². The Hall–Kier alpha value is -3.91. The van der Waals surface area contributed by atoms with E-state index >= 15 is 0 Å². The maximum atomic E-state index is 12.3. The highest BCUT2D eigenvalue weighted by molar-refractivity contribution is 5.87. The molecule has 0 spiro atoms. The molecule has 0 radical (unpaired) electrons. The van der Waals surface area contributed by atoms with Gasteiger partial charge >= 0.3 is 0 Å². The number of likely N-dealkylation sites (tertiary alicyclic amines) is 1. The third-order valence-corrected chi connectivity index (χ3v) is 7.78. The van der Waals surface area contributed by atoms with Crippen LogP contribution >= 0.6 is 0 Å². The number of ether oxygens (including phenoxy) is 4. The Morgan fingerprint density at radius 3 is 2.33 bits per heavy atom. The Bertz CT molecular complexity index is 1290. The molecule has 2 heterocycles. The first-order chi connectivity index (χ1) is 21.2. The van der Waals surface area contributed by atoms with Crippen molar-refractivity contribution in [3.63, 3.8) is 0 Å². The Morgan fingerprint density at radius 2 is 1.67 bits per heavy atom. The van der Waals surface area contributed by atoms with Crippen molar-refractivity contribution in [2.45, 2.75) is 44.2 Å². The Morgan fingerprint density at radius 1 is 0.953 bits per heavy atom. The average molecular weight is 583 g/mol. The number of rotatable bonds is 13. The van der Waals surface area contributed by atoms with Gasteiger partial charge in [0, 0.05) is 38.7 Å². The third-order valence-electron chi connectivity index (χ3n) is 7.78. The van der Waals surface area contributed by atoms with Crippen LogP contribution in [-0.4, -0.2) is 63.1 Å². The first kappa shape index (κ1) is 30.5. The summed E-state index contributed by atoms with van der Waals surface area (Å²) in [6, 6.07) is 26.6. The summed E-state index contributed by atoms with van der Waals surface area (Å²) in [5.41, 5.74) is 3.31. The van der Waals surface area contributed by atoms with Gasteiger partial charge in [0.05, 0.1) is 19.8 Å². The molecule has 1 atom stereocenters. The molecular formula is C36H42N2O5. The maximum Gasteiger partial charge on any atom is 0.244 e. The smallest absolute Gasteiger partial charge is 0.244 e. The molecule has 3 aromatic carbocycles. The first-order valence-corrected chi connectivity index (χ1v) is 15.2. The van der Waals surface area contributed by atoms with Gasteiger partial charge in [-0.3, -0.25) is 4.79 Å². The van der Waals surface area contributed by atoms with Crippen LogP contribution in [0.15, 0.2) is 97.1 Å². The summed E-state index contributed by atoms with van der Waals surface area (Å²) < 4.78 is 23.6. The maximum absolute atomic E-state index is 12.3. The van der Waals surface area contributed by atoms with Crippen molar-refractivity contribution in [1.82, 2.24) is 10.2 Å². The molecule has 226 valence electrons. The minimum atomic E-state index is -0.213. The second kappa shape index (κ2) is 16.1. The zero-order chi connectivity index (χ0) is 29.7. The monoisotopic (exact) mass is 582 g/mol. The number of nitrogens with one attached hydrogen (secondary N) is 1. The fraction of sp³-hybridized carbons (Fsp3) is 0.361. The summed E-state index contributed by atoms with van der Waals surface area (Å²) in [6.45, 7) is 4.07. The number of nitrogens with zero attached hydrogens (tertiary/aromatic N) is 1. The molecule has 1 N–H and O–H groups in total. The molecule has 2 fully saturated rings. The van der Waals surface area contributed by atoms with Gasteiger partial charge in [0.25, 0.3) is 0 Å². The van der Waals surface area contributed by atoms with Crippen LogP contribution in [-0.2, 0) is 14.3 Å². The van der Waals surface area contributed by atoms with E-state index < -0.39 is 0 Å². The molecule has 0 aromatic heterocycles. The van der Waals surface area contributed by atoms with Crippen LogP contribution in [0.2, 0.25) is 0 Å². The molecule has 5 rings (SSSR count). The molecule has 2 saturated heterocycles. The third kappa shape index (κ3) is 9.29. The summed E-state index contributed by atoms with van der Waals surface area (Å²) >= 11 is 0. The van der Waals surface area contributed by atoms with Gasteiger partial charge in [-0.05, 0) is 48.1 Å². The van der Waals surface area contributed by atoms with Crippen LogP contribution in [0.4, 0.5) is 0 Å². The molecule has 2 aliphatic heterocycles. The average Bonchev–Trinajstić information content (AvgIpc) is 3.57. The summed E-state index contributed by atoms with van der Waals surface area (Å²) in [5, 5.41) is 2.99. The molecule has 0 aliphatic carbocycles. The molecule has 1 amide bonds. The van der Waals surface area contributed by atoms with Crippen molar-refractivity contribution in [2.75, 3.05) is 39.9 Å². The van der Waals surface area contributed by atoms with E-state index in [1.54, 1.807) is 19.3 Å². The summed E-state index contributed by atoms with van der Waals surface area (Å²) in [4.78, 5) is 14.7. The minimum Gasteiger partial charge on any atom is -0.493 e. The number of carbonyl (C=O) groups is 1. The van der Waals surface area contributed by atoms with Crippen LogP contribution in [0.5, 0.6) is 11.5 Å². The molecule has 0 bridgehead atoms. The highest BCUT2D eigenvalue weighted by Gasteiger charge is 2.24. The predicted octanol–water partition coefficient (Wildman–Crippen LogP) is 6.17. The van der Waals surface area contributed by atoms with E-state index in [2.05, 4.69) is 58.7 Å². The first-order valence-electron chi connectivity index (χ1n) is 15.2. The number of benzene rings is 3. The van der Waals surface area contributed by atoms with E-state index in [0.717, 1.165) is 57.5 Å². The number of allylic oxidation sites excluding steroid dienone is 2. The van der Waals surface area contributed by atoms with Crippen molar-refractivity contribution >= 4 is 12.0 Å². The number of methoxy groups -OCH3 is 1. The van der Waals surface area contributed by atoms with Gasteiger partial charge in [-0.1, -0.05) is 85.0 Å². The van der Waals surface area contributed by atoms with E-state index in [4.69, 9.17) is 18.9 Å². The van der Waals surface area contributed by atoms with E-state index in [1.807, 2.05) is 42.5 Å². The van der Waals surface area contributed by atoms with Gasteiger partial charge in [-0.25, -0.2) is 0 Å². The Labute approximate surface area is 255 Å². The van der Waals surface area contributed by atoms with Crippen LogP contribution in [0, 0.1) is 0 Å². The molecule has 1 unspecified atom stereocenters. The molecule has 0 saturated carbocycles. The highest BCUT2D eigenvalue weighted by atomic mass is 16.7. The fourth-order valence-corrected chi connectivity index (χ4v) is 5.44. The summed E-state index contributed by atoms with van der Waals surface area (Å²) in [5.74, 6) is 1.22. The van der Waals surface area contributed by atoms with Crippen LogP contribution < -0.4 is 14.8 Å². The lowest BCUT2D eigenvalue weighted by molar-refractivity contribution is -0.116. The zero-order valence-corrected chi connectivity index (χ0v) is 24.9. The number of hydrogen-bond donors (Lipinski definition) is 1. The van der Waals surface area contributed by atoms with E-state index in [9.17, 15) is 4.79 Å². The zero-order valence-electron chi connectivity index (χ0n) is 24.9. The van der Waals surface area contributed by atoms with Crippen molar-refractivity contribution in [2.24, 2.45) is 0 Å². The number of amides is 1. The van der Waals surface area contributed by atoms with Gasteiger partial charge in [0.2, 0.25) is 5.91 Å². The molecular weight excluding hydrogens is 540 g/mol. The van der Waals surface area contributed by atoms with Crippen LogP contribution in [0.3, 0.4) is 0 Å². The van der Waals surface area contributed by atoms with Crippen molar-refractivity contribution in [3.05, 3.63) is 114 Å². The van der Waals surface area contributed by atoms with Gasteiger partial charge in [0.15, 0.2) is 17.8 Å². The van der Waals surface area contributed by atoms with Crippen molar-refractivity contribution in [1.29, 1.82) is 0 Å². The van der Waals surface area contributed by atoms with E-state index in [0.29, 0.717) is 18.0 Å². The second-order valence-electron chi connectivity index (χ2n) is 10.9. The standard InChI is InChI=1S/C36H42N2O5/c1-40-33-27-28(18-19-32(33)43-35-17-10-26-41-35)11-8-9-16-34(39)37-22-25-38-23-20-31(21-24-38)42-36(29-12-4-2-5-13-29)30-14-6-3-7-15-30/h2-9,11-16,18-19,27,31,35-36H,10,17,20-26H2,1H3,(H,37,39). The van der Waals surface area contributed by atoms with E-state index in [-0.39, 0.29) is 24.4 Å². The predicted molar refractivity (Wildman–Crippen MR) is 169 cm³/mol. The topological polar surface area (TPSA) is 69.3 Å². The van der Waals surface area contributed by atoms with Crippen LogP contribution in [0.1, 0.15) is 48.5 Å².